The van der Waals surface area contributed by atoms with Gasteiger partial charge in [0.25, 0.3) is 0 Å². The monoisotopic (exact) mass is 409 g/mol. The van der Waals surface area contributed by atoms with E-state index in [0.717, 1.165) is 24.3 Å². The molecule has 2 rings (SSSR count). The summed E-state index contributed by atoms with van der Waals surface area (Å²) in [6.07, 6.45) is -5.02. The van der Waals surface area contributed by atoms with E-state index in [-0.39, 0.29) is 15.5 Å². The second-order valence-corrected chi connectivity index (χ2v) is 7.69. The molecule has 0 aromatic heterocycles. The summed E-state index contributed by atoms with van der Waals surface area (Å²) >= 11 is 5.59. The Hall–Kier alpha value is -2.13. The summed E-state index contributed by atoms with van der Waals surface area (Å²) in [6, 6.07) is 6.81. The van der Waals surface area contributed by atoms with Crippen molar-refractivity contribution in [2.45, 2.75) is 28.9 Å². The van der Waals surface area contributed by atoms with E-state index in [1.54, 1.807) is 5.32 Å². The van der Waals surface area contributed by atoms with E-state index in [9.17, 15) is 30.8 Å². The number of sulfone groups is 1. The first-order chi connectivity index (χ1) is 11.9. The first kappa shape index (κ1) is 20.2. The maximum atomic E-state index is 13.9. The SMILES string of the molecule is C[C@H](NC(=O)C(F)(F)F)c1ccc(S(=O)(=O)c2ccc(Cl)cc2F)cc1. The highest BCUT2D eigenvalue weighted by Crippen LogP contribution is 2.27. The van der Waals surface area contributed by atoms with Gasteiger partial charge in [-0.25, -0.2) is 12.8 Å². The lowest BCUT2D eigenvalue weighted by molar-refractivity contribution is -0.174. The van der Waals surface area contributed by atoms with Gasteiger partial charge in [0.1, 0.15) is 10.7 Å². The molecule has 0 radical (unpaired) electrons. The van der Waals surface area contributed by atoms with Gasteiger partial charge in [0, 0.05) is 5.02 Å². The van der Waals surface area contributed by atoms with Crippen molar-refractivity contribution in [1.82, 2.24) is 5.32 Å². The number of carbonyl (C=O) groups is 1. The van der Waals surface area contributed by atoms with Crippen molar-refractivity contribution in [3.8, 4) is 0 Å². The molecule has 140 valence electrons. The van der Waals surface area contributed by atoms with Crippen LogP contribution >= 0.6 is 11.6 Å². The summed E-state index contributed by atoms with van der Waals surface area (Å²) < 4.78 is 75.6. The number of halogens is 5. The molecule has 0 aliphatic heterocycles. The van der Waals surface area contributed by atoms with Crippen LogP contribution in [0.2, 0.25) is 5.02 Å². The van der Waals surface area contributed by atoms with Gasteiger partial charge in [-0.2, -0.15) is 13.2 Å². The normalized spacial score (nSPS) is 13.3. The first-order valence-electron chi connectivity index (χ1n) is 7.10. The molecular weight excluding hydrogens is 398 g/mol. The standard InChI is InChI=1S/C16H12ClF4NO3S/c1-9(22-15(23)16(19,20)21)10-2-5-12(6-3-10)26(24,25)14-7-4-11(17)8-13(14)18/h2-9H,1H3,(H,22,23)/t9-/m0/s1. The lowest BCUT2D eigenvalue weighted by Crippen LogP contribution is -2.38. The summed E-state index contributed by atoms with van der Waals surface area (Å²) in [5, 5.41) is 1.79. The maximum absolute atomic E-state index is 13.9. The van der Waals surface area contributed by atoms with Crippen molar-refractivity contribution in [2.75, 3.05) is 0 Å². The van der Waals surface area contributed by atoms with E-state index in [2.05, 4.69) is 0 Å². The average molecular weight is 410 g/mol. The fourth-order valence-electron chi connectivity index (χ4n) is 2.12. The number of alkyl halides is 3. The molecule has 0 bridgehead atoms. The Morgan fingerprint density at radius 1 is 1.12 bits per heavy atom. The smallest absolute Gasteiger partial charge is 0.342 e. The number of amides is 1. The number of hydrogen-bond donors (Lipinski definition) is 1. The van der Waals surface area contributed by atoms with Crippen LogP contribution in [0.25, 0.3) is 0 Å². The number of nitrogens with one attached hydrogen (secondary N) is 1. The van der Waals surface area contributed by atoms with Crippen LogP contribution < -0.4 is 5.32 Å². The molecule has 0 heterocycles. The summed E-state index contributed by atoms with van der Waals surface area (Å²) in [5.74, 6) is -3.13. The highest BCUT2D eigenvalue weighted by atomic mass is 35.5. The van der Waals surface area contributed by atoms with Crippen molar-refractivity contribution < 1.29 is 30.8 Å². The summed E-state index contributed by atoms with van der Waals surface area (Å²) in [6.45, 7) is 1.31. The molecule has 10 heteroatoms. The van der Waals surface area contributed by atoms with Crippen LogP contribution in [-0.4, -0.2) is 20.5 Å². The average Bonchev–Trinajstić information content (AvgIpc) is 2.53. The van der Waals surface area contributed by atoms with Gasteiger partial charge in [-0.3, -0.25) is 4.79 Å². The molecule has 26 heavy (non-hydrogen) atoms. The molecule has 0 saturated carbocycles. The predicted octanol–water partition coefficient (Wildman–Crippen LogP) is 4.05. The fraction of sp³-hybridized carbons (Fsp3) is 0.188. The van der Waals surface area contributed by atoms with Gasteiger partial charge in [-0.1, -0.05) is 23.7 Å². The zero-order valence-corrected chi connectivity index (χ0v) is 14.7. The van der Waals surface area contributed by atoms with E-state index >= 15 is 0 Å². The van der Waals surface area contributed by atoms with E-state index < -0.39 is 38.7 Å². The predicted molar refractivity (Wildman–Crippen MR) is 85.9 cm³/mol. The van der Waals surface area contributed by atoms with Crippen LogP contribution in [-0.2, 0) is 14.6 Å². The molecule has 2 aromatic rings. The van der Waals surface area contributed by atoms with Gasteiger partial charge >= 0.3 is 12.1 Å². The van der Waals surface area contributed by atoms with Gasteiger partial charge in [0.2, 0.25) is 9.84 Å². The Morgan fingerprint density at radius 3 is 2.19 bits per heavy atom. The number of benzene rings is 2. The van der Waals surface area contributed by atoms with Crippen LogP contribution in [0.4, 0.5) is 17.6 Å². The quantitative estimate of drug-likeness (QED) is 0.775. The number of carbonyl (C=O) groups excluding carboxylic acids is 1. The molecule has 1 N–H and O–H groups in total. The largest absolute Gasteiger partial charge is 0.471 e. The van der Waals surface area contributed by atoms with E-state index in [1.807, 2.05) is 0 Å². The van der Waals surface area contributed by atoms with Crippen LogP contribution in [0.15, 0.2) is 52.3 Å². The third-order valence-electron chi connectivity index (χ3n) is 3.48. The van der Waals surface area contributed by atoms with Crippen molar-refractivity contribution in [2.24, 2.45) is 0 Å². The highest BCUT2D eigenvalue weighted by molar-refractivity contribution is 7.91. The van der Waals surface area contributed by atoms with Crippen LogP contribution in [0.3, 0.4) is 0 Å². The van der Waals surface area contributed by atoms with Gasteiger partial charge < -0.3 is 5.32 Å². The molecule has 0 unspecified atom stereocenters. The Labute approximate surface area is 151 Å². The van der Waals surface area contributed by atoms with Crippen LogP contribution in [0, 0.1) is 5.82 Å². The van der Waals surface area contributed by atoms with E-state index in [0.29, 0.717) is 0 Å². The Balaban J connectivity index is 2.27. The highest BCUT2D eigenvalue weighted by Gasteiger charge is 2.39. The van der Waals surface area contributed by atoms with Crippen LogP contribution in [0.5, 0.6) is 0 Å². The number of hydrogen-bond acceptors (Lipinski definition) is 3. The fourth-order valence-corrected chi connectivity index (χ4v) is 3.59. The van der Waals surface area contributed by atoms with Crippen LogP contribution in [0.1, 0.15) is 18.5 Å². The molecule has 0 spiro atoms. The molecule has 1 atom stereocenters. The van der Waals surface area contributed by atoms with E-state index in [1.165, 1.54) is 25.1 Å². The molecule has 0 aliphatic carbocycles. The zero-order chi connectivity index (χ0) is 19.7. The number of rotatable bonds is 4. The van der Waals surface area contributed by atoms with Crippen molar-refractivity contribution in [3.05, 3.63) is 58.9 Å². The first-order valence-corrected chi connectivity index (χ1v) is 8.97. The van der Waals surface area contributed by atoms with Gasteiger partial charge in [-0.15, -0.1) is 0 Å². The van der Waals surface area contributed by atoms with Gasteiger partial charge in [0.05, 0.1) is 10.9 Å². The Bertz CT molecular complexity index is 928. The molecular formula is C16H12ClF4NO3S. The van der Waals surface area contributed by atoms with Gasteiger partial charge in [-0.05, 0) is 42.8 Å². The van der Waals surface area contributed by atoms with Crippen molar-refractivity contribution >= 4 is 27.3 Å². The third kappa shape index (κ3) is 4.34. The minimum Gasteiger partial charge on any atom is -0.342 e. The summed E-state index contributed by atoms with van der Waals surface area (Å²) in [4.78, 5) is 10.1. The third-order valence-corrected chi connectivity index (χ3v) is 5.52. The zero-order valence-electron chi connectivity index (χ0n) is 13.1. The minimum atomic E-state index is -5.02. The second kappa shape index (κ2) is 7.24. The minimum absolute atomic E-state index is 0.0334. The molecule has 0 fully saturated rings. The molecule has 4 nitrogen and oxygen atoms in total. The van der Waals surface area contributed by atoms with Crippen molar-refractivity contribution in [1.29, 1.82) is 0 Å². The van der Waals surface area contributed by atoms with E-state index in [4.69, 9.17) is 11.6 Å². The lowest BCUT2D eigenvalue weighted by atomic mass is 10.1. The molecule has 0 saturated heterocycles. The Morgan fingerprint density at radius 2 is 1.69 bits per heavy atom. The molecule has 1 amide bonds. The Kier molecular flexibility index (Phi) is 5.62. The molecule has 0 aliphatic rings. The lowest BCUT2D eigenvalue weighted by Gasteiger charge is -2.16. The summed E-state index contributed by atoms with van der Waals surface area (Å²) in [5.41, 5.74) is 0.248. The van der Waals surface area contributed by atoms with Gasteiger partial charge in [0.15, 0.2) is 0 Å². The molecule has 2 aromatic carbocycles. The summed E-state index contributed by atoms with van der Waals surface area (Å²) in [7, 11) is -4.18. The topological polar surface area (TPSA) is 63.2 Å². The van der Waals surface area contributed by atoms with Crippen molar-refractivity contribution in [3.63, 3.8) is 0 Å². The second-order valence-electron chi connectivity index (χ2n) is 5.34. The maximum Gasteiger partial charge on any atom is 0.471 e.